The zero-order valence-electron chi connectivity index (χ0n) is 12.9. The van der Waals surface area contributed by atoms with Gasteiger partial charge in [0.1, 0.15) is 5.82 Å². The molecule has 3 rings (SSSR count). The first kappa shape index (κ1) is 16.1. The van der Waals surface area contributed by atoms with Crippen LogP contribution in [-0.2, 0) is 4.79 Å². The van der Waals surface area contributed by atoms with Crippen LogP contribution in [0, 0.1) is 0 Å². The lowest BCUT2D eigenvalue weighted by atomic mass is 10.2. The Morgan fingerprint density at radius 3 is 2.72 bits per heavy atom. The highest BCUT2D eigenvalue weighted by Crippen LogP contribution is 2.21. The average molecular weight is 338 g/mol. The van der Waals surface area contributed by atoms with Gasteiger partial charge in [-0.3, -0.25) is 19.6 Å². The van der Waals surface area contributed by atoms with Crippen molar-refractivity contribution in [2.45, 2.75) is 0 Å². The second-order valence-electron chi connectivity index (χ2n) is 5.05. The lowest BCUT2D eigenvalue weighted by Crippen LogP contribution is -2.23. The van der Waals surface area contributed by atoms with E-state index in [2.05, 4.69) is 30.6 Å². The van der Waals surface area contributed by atoms with Crippen LogP contribution < -0.4 is 22.1 Å². The third-order valence-electron chi connectivity index (χ3n) is 3.19. The van der Waals surface area contributed by atoms with Gasteiger partial charge >= 0.3 is 0 Å². The van der Waals surface area contributed by atoms with Gasteiger partial charge in [0.15, 0.2) is 11.5 Å². The minimum absolute atomic E-state index is 0.0455. The Bertz CT molecular complexity index is 959. The molecule has 2 amide bonds. The molecule has 0 spiro atoms. The van der Waals surface area contributed by atoms with Crippen LogP contribution in [0.1, 0.15) is 10.5 Å². The highest BCUT2D eigenvalue weighted by molar-refractivity contribution is 5.96. The first-order chi connectivity index (χ1) is 12.0. The van der Waals surface area contributed by atoms with Crippen LogP contribution in [0.4, 0.5) is 17.3 Å². The van der Waals surface area contributed by atoms with E-state index in [4.69, 9.17) is 11.5 Å². The Kier molecular flexibility index (Phi) is 4.33. The number of aromatic nitrogens is 4. The van der Waals surface area contributed by atoms with Crippen molar-refractivity contribution in [2.24, 2.45) is 11.5 Å². The number of nitrogens with two attached hydrogens (primary N) is 2. The predicted molar refractivity (Wildman–Crippen MR) is 91.1 cm³/mol. The van der Waals surface area contributed by atoms with Gasteiger partial charge in [-0.1, -0.05) is 0 Å². The lowest BCUT2D eigenvalue weighted by Gasteiger charge is -2.11. The standard InChI is InChI=1S/C15H14N8O2/c16-11(24)6-20-12-7-21-13(14(17)25)15(23-12)22-9-3-8-4-18-2-1-10(8)19-5-9/h1-5,7H,6H2,(H2,16,24)(H2,17,25)(H2,20,22,23). The molecule has 0 fully saturated rings. The molecule has 0 aliphatic rings. The first-order valence-corrected chi connectivity index (χ1v) is 7.19. The molecule has 0 atom stereocenters. The summed E-state index contributed by atoms with van der Waals surface area (Å²) >= 11 is 0. The Morgan fingerprint density at radius 1 is 1.12 bits per heavy atom. The minimum atomic E-state index is -0.744. The van der Waals surface area contributed by atoms with Crippen molar-refractivity contribution in [3.63, 3.8) is 0 Å². The van der Waals surface area contributed by atoms with Crippen molar-refractivity contribution in [1.29, 1.82) is 0 Å². The number of amides is 2. The number of rotatable bonds is 6. The number of primary amides is 2. The second kappa shape index (κ2) is 6.74. The third-order valence-corrected chi connectivity index (χ3v) is 3.19. The number of hydrogen-bond donors (Lipinski definition) is 4. The van der Waals surface area contributed by atoms with E-state index >= 15 is 0 Å². The molecule has 3 heterocycles. The number of nitrogens with zero attached hydrogens (tertiary/aromatic N) is 4. The Hall–Kier alpha value is -3.82. The molecule has 0 aliphatic carbocycles. The van der Waals surface area contributed by atoms with Gasteiger partial charge < -0.3 is 22.1 Å². The molecular weight excluding hydrogens is 324 g/mol. The third kappa shape index (κ3) is 3.75. The minimum Gasteiger partial charge on any atom is -0.368 e. The molecule has 6 N–H and O–H groups in total. The SMILES string of the molecule is NC(=O)CNc1cnc(C(N)=O)c(Nc2cnc3ccncc3c2)n1. The molecule has 0 saturated carbocycles. The topological polar surface area (TPSA) is 162 Å². The first-order valence-electron chi connectivity index (χ1n) is 7.19. The summed E-state index contributed by atoms with van der Waals surface area (Å²) in [6.07, 6.45) is 6.18. The number of hydrogen-bond acceptors (Lipinski definition) is 8. The van der Waals surface area contributed by atoms with Gasteiger partial charge in [0, 0.05) is 17.8 Å². The smallest absolute Gasteiger partial charge is 0.271 e. The van der Waals surface area contributed by atoms with E-state index in [1.807, 2.05) is 0 Å². The average Bonchev–Trinajstić information content (AvgIpc) is 2.59. The highest BCUT2D eigenvalue weighted by Gasteiger charge is 2.14. The molecule has 0 aliphatic heterocycles. The highest BCUT2D eigenvalue weighted by atomic mass is 16.1. The molecule has 0 bridgehead atoms. The fourth-order valence-corrected chi connectivity index (χ4v) is 2.10. The number of carbonyl (C=O) groups is 2. The van der Waals surface area contributed by atoms with Crippen molar-refractivity contribution < 1.29 is 9.59 Å². The summed E-state index contributed by atoms with van der Waals surface area (Å²) in [5.74, 6) is -0.901. The summed E-state index contributed by atoms with van der Waals surface area (Å²) in [6.45, 7) is -0.118. The summed E-state index contributed by atoms with van der Waals surface area (Å²) in [5, 5.41) is 6.46. The second-order valence-corrected chi connectivity index (χ2v) is 5.05. The Morgan fingerprint density at radius 2 is 1.96 bits per heavy atom. The summed E-state index contributed by atoms with van der Waals surface area (Å²) < 4.78 is 0. The number of nitrogens with one attached hydrogen (secondary N) is 2. The Balaban J connectivity index is 1.93. The molecule has 10 nitrogen and oxygen atoms in total. The van der Waals surface area contributed by atoms with Gasteiger partial charge in [-0.2, -0.15) is 0 Å². The quantitative estimate of drug-likeness (QED) is 0.494. The molecule has 3 aromatic rings. The number of carbonyl (C=O) groups excluding carboxylic acids is 2. The van der Waals surface area contributed by atoms with Crippen LogP contribution in [-0.4, -0.2) is 38.3 Å². The van der Waals surface area contributed by atoms with Gasteiger partial charge in [-0.25, -0.2) is 9.97 Å². The fourth-order valence-electron chi connectivity index (χ4n) is 2.10. The summed E-state index contributed by atoms with van der Waals surface area (Å²) in [6, 6.07) is 3.58. The summed E-state index contributed by atoms with van der Waals surface area (Å²) in [5.41, 5.74) is 11.7. The van der Waals surface area contributed by atoms with Gasteiger partial charge in [-0.05, 0) is 12.1 Å². The maximum atomic E-state index is 11.6. The number of pyridine rings is 2. The van der Waals surface area contributed by atoms with E-state index in [9.17, 15) is 9.59 Å². The molecule has 0 radical (unpaired) electrons. The zero-order chi connectivity index (χ0) is 17.8. The lowest BCUT2D eigenvalue weighted by molar-refractivity contribution is -0.116. The molecule has 0 unspecified atom stereocenters. The van der Waals surface area contributed by atoms with Crippen LogP contribution in [0.25, 0.3) is 10.9 Å². The fraction of sp³-hybridized carbons (Fsp3) is 0.0667. The van der Waals surface area contributed by atoms with Gasteiger partial charge in [0.25, 0.3) is 5.91 Å². The van der Waals surface area contributed by atoms with Crippen LogP contribution in [0.15, 0.2) is 36.9 Å². The van der Waals surface area contributed by atoms with E-state index in [0.717, 1.165) is 10.9 Å². The van der Waals surface area contributed by atoms with Gasteiger partial charge in [0.05, 0.1) is 30.1 Å². The van der Waals surface area contributed by atoms with Crippen LogP contribution in [0.3, 0.4) is 0 Å². The molecule has 0 saturated heterocycles. The number of anilines is 3. The van der Waals surface area contributed by atoms with E-state index in [1.165, 1.54) is 6.20 Å². The zero-order valence-corrected chi connectivity index (χ0v) is 12.9. The molecule has 10 heteroatoms. The molecular formula is C15H14N8O2. The van der Waals surface area contributed by atoms with Gasteiger partial charge in [-0.15, -0.1) is 0 Å². The monoisotopic (exact) mass is 338 g/mol. The molecule has 126 valence electrons. The summed E-state index contributed by atoms with van der Waals surface area (Å²) in [7, 11) is 0. The van der Waals surface area contributed by atoms with Gasteiger partial charge in [0.2, 0.25) is 5.91 Å². The largest absolute Gasteiger partial charge is 0.368 e. The van der Waals surface area contributed by atoms with E-state index in [1.54, 1.807) is 30.7 Å². The predicted octanol–water partition coefficient (Wildman–Crippen LogP) is 0.159. The number of fused-ring (bicyclic) bond motifs is 1. The molecule has 25 heavy (non-hydrogen) atoms. The van der Waals surface area contributed by atoms with Crippen molar-refractivity contribution in [1.82, 2.24) is 19.9 Å². The van der Waals surface area contributed by atoms with Crippen molar-refractivity contribution in [3.8, 4) is 0 Å². The Labute approximate surface area is 141 Å². The van der Waals surface area contributed by atoms with E-state index in [-0.39, 0.29) is 23.9 Å². The van der Waals surface area contributed by atoms with Crippen molar-refractivity contribution in [3.05, 3.63) is 42.6 Å². The maximum Gasteiger partial charge on any atom is 0.271 e. The van der Waals surface area contributed by atoms with Crippen LogP contribution >= 0.6 is 0 Å². The molecule has 3 aromatic heterocycles. The van der Waals surface area contributed by atoms with E-state index < -0.39 is 11.8 Å². The normalized spacial score (nSPS) is 10.4. The van der Waals surface area contributed by atoms with E-state index in [0.29, 0.717) is 5.69 Å². The van der Waals surface area contributed by atoms with Crippen LogP contribution in [0.5, 0.6) is 0 Å². The van der Waals surface area contributed by atoms with Crippen molar-refractivity contribution >= 4 is 40.0 Å². The summed E-state index contributed by atoms with van der Waals surface area (Å²) in [4.78, 5) is 38.9. The van der Waals surface area contributed by atoms with Crippen LogP contribution in [0.2, 0.25) is 0 Å². The molecule has 0 aromatic carbocycles. The maximum absolute atomic E-state index is 11.6. The van der Waals surface area contributed by atoms with Crippen molar-refractivity contribution in [2.75, 3.05) is 17.2 Å².